The number of hydrogen-bond donors (Lipinski definition) is 1. The first-order valence-electron chi connectivity index (χ1n) is 6.63. The van der Waals surface area contributed by atoms with Gasteiger partial charge in [0.1, 0.15) is 0 Å². The predicted octanol–water partition coefficient (Wildman–Crippen LogP) is 0.530. The summed E-state index contributed by atoms with van der Waals surface area (Å²) in [6, 6.07) is 0.124. The first kappa shape index (κ1) is 13.3. The molecule has 2 rings (SSSR count). The van der Waals surface area contributed by atoms with E-state index in [1.165, 1.54) is 0 Å². The van der Waals surface area contributed by atoms with Crippen LogP contribution >= 0.6 is 0 Å². The number of rotatable bonds is 4. The van der Waals surface area contributed by atoms with E-state index >= 15 is 0 Å². The third-order valence-corrected chi connectivity index (χ3v) is 5.85. The minimum Gasteiger partial charge on any atom is -0.330 e. The molecule has 1 unspecified atom stereocenters. The molecule has 2 heterocycles. The summed E-state index contributed by atoms with van der Waals surface area (Å²) in [6.07, 6.45) is 5.84. The summed E-state index contributed by atoms with van der Waals surface area (Å²) < 4.78 is 28.3. The van der Waals surface area contributed by atoms with Crippen molar-refractivity contribution in [2.24, 2.45) is 5.73 Å². The second-order valence-corrected chi connectivity index (χ2v) is 6.83. The molecule has 0 saturated carbocycles. The second-order valence-electron chi connectivity index (χ2n) is 4.95. The monoisotopic (exact) mass is 261 g/mol. The topological polar surface area (TPSA) is 66.6 Å². The Hall–Kier alpha value is -0.170. The lowest BCUT2D eigenvalue weighted by Gasteiger charge is -2.36. The van der Waals surface area contributed by atoms with E-state index < -0.39 is 10.2 Å². The molecule has 2 N–H and O–H groups in total. The third-order valence-electron chi connectivity index (χ3n) is 3.76. The summed E-state index contributed by atoms with van der Waals surface area (Å²) in [5.74, 6) is 0. The molecule has 2 aliphatic heterocycles. The van der Waals surface area contributed by atoms with Gasteiger partial charge in [-0.1, -0.05) is 6.42 Å². The van der Waals surface area contributed by atoms with Crippen molar-refractivity contribution in [2.45, 2.75) is 44.6 Å². The molecule has 5 nitrogen and oxygen atoms in total. The fourth-order valence-corrected chi connectivity index (χ4v) is 4.79. The van der Waals surface area contributed by atoms with Crippen LogP contribution in [0.25, 0.3) is 0 Å². The van der Waals surface area contributed by atoms with Gasteiger partial charge < -0.3 is 5.73 Å². The van der Waals surface area contributed by atoms with Gasteiger partial charge in [0.25, 0.3) is 10.2 Å². The first-order chi connectivity index (χ1) is 8.16. The Kier molecular flexibility index (Phi) is 4.41. The third kappa shape index (κ3) is 2.81. The molecule has 2 fully saturated rings. The van der Waals surface area contributed by atoms with Gasteiger partial charge in [-0.3, -0.25) is 0 Å². The smallest absolute Gasteiger partial charge is 0.282 e. The van der Waals surface area contributed by atoms with E-state index in [-0.39, 0.29) is 6.04 Å². The van der Waals surface area contributed by atoms with Gasteiger partial charge in [0.2, 0.25) is 0 Å². The standard InChI is InChI=1S/C11H23N3O2S/c12-7-6-11-5-1-2-10-14(11)17(15,16)13-8-3-4-9-13/h11H,1-10,12H2. The molecule has 2 saturated heterocycles. The Morgan fingerprint density at radius 2 is 1.71 bits per heavy atom. The van der Waals surface area contributed by atoms with Crippen LogP contribution in [0.1, 0.15) is 38.5 Å². The molecule has 0 radical (unpaired) electrons. The Bertz CT molecular complexity index is 337. The van der Waals surface area contributed by atoms with Crippen LogP contribution in [-0.2, 0) is 10.2 Å². The molecule has 0 aromatic heterocycles. The van der Waals surface area contributed by atoms with Gasteiger partial charge >= 0.3 is 0 Å². The largest absolute Gasteiger partial charge is 0.330 e. The summed E-state index contributed by atoms with van der Waals surface area (Å²) in [5, 5.41) is 0. The highest BCUT2D eigenvalue weighted by atomic mass is 32.2. The second kappa shape index (κ2) is 5.65. The zero-order valence-corrected chi connectivity index (χ0v) is 11.2. The molecule has 0 spiro atoms. The van der Waals surface area contributed by atoms with Crippen molar-refractivity contribution < 1.29 is 8.42 Å². The fourth-order valence-electron chi connectivity index (χ4n) is 2.83. The van der Waals surface area contributed by atoms with Crippen molar-refractivity contribution >= 4 is 10.2 Å². The van der Waals surface area contributed by atoms with Gasteiger partial charge in [-0.15, -0.1) is 0 Å². The zero-order valence-electron chi connectivity index (χ0n) is 10.3. The van der Waals surface area contributed by atoms with Crippen molar-refractivity contribution in [3.63, 3.8) is 0 Å². The maximum absolute atomic E-state index is 12.5. The average molecular weight is 261 g/mol. The van der Waals surface area contributed by atoms with Crippen molar-refractivity contribution in [3.05, 3.63) is 0 Å². The van der Waals surface area contributed by atoms with Crippen molar-refractivity contribution in [1.82, 2.24) is 8.61 Å². The molecule has 0 aliphatic carbocycles. The summed E-state index contributed by atoms with van der Waals surface area (Å²) in [5.41, 5.74) is 5.58. The summed E-state index contributed by atoms with van der Waals surface area (Å²) in [6.45, 7) is 2.61. The fraction of sp³-hybridized carbons (Fsp3) is 1.00. The highest BCUT2D eigenvalue weighted by Gasteiger charge is 2.36. The SMILES string of the molecule is NCCC1CCCCN1S(=O)(=O)N1CCCC1. The molecule has 1 atom stereocenters. The Morgan fingerprint density at radius 3 is 2.35 bits per heavy atom. The molecule has 0 amide bonds. The van der Waals surface area contributed by atoms with E-state index in [9.17, 15) is 8.42 Å². The van der Waals surface area contributed by atoms with Crippen LogP contribution < -0.4 is 5.73 Å². The molecule has 6 heteroatoms. The van der Waals surface area contributed by atoms with E-state index in [2.05, 4.69) is 0 Å². The van der Waals surface area contributed by atoms with E-state index in [1.54, 1.807) is 8.61 Å². The number of hydrogen-bond acceptors (Lipinski definition) is 3. The van der Waals surface area contributed by atoms with Gasteiger partial charge in [0.05, 0.1) is 0 Å². The number of piperidine rings is 1. The van der Waals surface area contributed by atoms with Gasteiger partial charge in [-0.25, -0.2) is 0 Å². The van der Waals surface area contributed by atoms with E-state index in [4.69, 9.17) is 5.73 Å². The predicted molar refractivity (Wildman–Crippen MR) is 67.7 cm³/mol. The van der Waals surface area contributed by atoms with Crippen LogP contribution in [-0.4, -0.2) is 49.2 Å². The zero-order chi connectivity index (χ0) is 12.3. The highest BCUT2D eigenvalue weighted by molar-refractivity contribution is 7.86. The Balaban J connectivity index is 2.11. The Labute approximate surface area is 104 Å². The van der Waals surface area contributed by atoms with E-state index in [1.807, 2.05) is 0 Å². The lowest BCUT2D eigenvalue weighted by molar-refractivity contribution is 0.228. The number of nitrogens with two attached hydrogens (primary N) is 1. The van der Waals surface area contributed by atoms with E-state index in [0.29, 0.717) is 26.2 Å². The van der Waals surface area contributed by atoms with Crippen LogP contribution in [0.15, 0.2) is 0 Å². The van der Waals surface area contributed by atoms with Crippen LogP contribution in [0, 0.1) is 0 Å². The normalized spacial score (nSPS) is 28.6. The summed E-state index contributed by atoms with van der Waals surface area (Å²) in [4.78, 5) is 0. The highest BCUT2D eigenvalue weighted by Crippen LogP contribution is 2.26. The quantitative estimate of drug-likeness (QED) is 0.803. The van der Waals surface area contributed by atoms with Crippen LogP contribution in [0.2, 0.25) is 0 Å². The van der Waals surface area contributed by atoms with Crippen molar-refractivity contribution in [3.8, 4) is 0 Å². The minimum atomic E-state index is -3.22. The first-order valence-corrected chi connectivity index (χ1v) is 8.03. The minimum absolute atomic E-state index is 0.124. The molecule has 0 bridgehead atoms. The molecule has 17 heavy (non-hydrogen) atoms. The molecular weight excluding hydrogens is 238 g/mol. The van der Waals surface area contributed by atoms with Crippen molar-refractivity contribution in [1.29, 1.82) is 0 Å². The van der Waals surface area contributed by atoms with Gasteiger partial charge in [-0.05, 0) is 38.6 Å². The van der Waals surface area contributed by atoms with Crippen molar-refractivity contribution in [2.75, 3.05) is 26.2 Å². The molecule has 0 aromatic carbocycles. The van der Waals surface area contributed by atoms with Crippen LogP contribution in [0.3, 0.4) is 0 Å². The molecule has 2 aliphatic rings. The lowest BCUT2D eigenvalue weighted by Crippen LogP contribution is -2.50. The molecule has 0 aromatic rings. The maximum Gasteiger partial charge on any atom is 0.282 e. The summed E-state index contributed by atoms with van der Waals surface area (Å²) >= 11 is 0. The number of nitrogens with zero attached hydrogens (tertiary/aromatic N) is 2. The van der Waals surface area contributed by atoms with Gasteiger partial charge in [-0.2, -0.15) is 17.0 Å². The van der Waals surface area contributed by atoms with Gasteiger partial charge in [0, 0.05) is 25.7 Å². The van der Waals surface area contributed by atoms with E-state index in [0.717, 1.165) is 38.5 Å². The average Bonchev–Trinajstić information content (AvgIpc) is 2.84. The lowest BCUT2D eigenvalue weighted by atomic mass is 10.0. The molecule has 100 valence electrons. The van der Waals surface area contributed by atoms with Gasteiger partial charge in [0.15, 0.2) is 0 Å². The Morgan fingerprint density at radius 1 is 1.06 bits per heavy atom. The maximum atomic E-state index is 12.5. The van der Waals surface area contributed by atoms with Crippen LogP contribution in [0.4, 0.5) is 0 Å². The molecular formula is C11H23N3O2S. The summed E-state index contributed by atoms with van der Waals surface area (Å²) in [7, 11) is -3.22. The van der Waals surface area contributed by atoms with Crippen LogP contribution in [0.5, 0.6) is 0 Å².